The van der Waals surface area contributed by atoms with Gasteiger partial charge in [0.05, 0.1) is 13.2 Å². The van der Waals surface area contributed by atoms with Crippen molar-refractivity contribution in [2.45, 2.75) is 20.4 Å². The molecule has 7 heteroatoms. The van der Waals surface area contributed by atoms with Crippen LogP contribution in [0.3, 0.4) is 0 Å². The number of rotatable bonds is 8. The molecule has 0 spiro atoms. The molecule has 142 valence electrons. The van der Waals surface area contributed by atoms with Gasteiger partial charge in [0.1, 0.15) is 12.4 Å². The summed E-state index contributed by atoms with van der Waals surface area (Å²) in [5.74, 6) is 2.23. The lowest BCUT2D eigenvalue weighted by molar-refractivity contribution is 0.322. The van der Waals surface area contributed by atoms with Crippen LogP contribution >= 0.6 is 24.0 Å². The first kappa shape index (κ1) is 22.0. The molecule has 26 heavy (non-hydrogen) atoms. The standard InChI is InChI=1S/C19H26N4O2.HI/c1-4-24-18-13-16(9-10-21-18)14-23-19(20-3)22-11-12-25-17-7-5-15(2)6-8-17;/h5-10,13H,4,11-12,14H2,1-3H3,(H2,20,22,23);1H. The van der Waals surface area contributed by atoms with E-state index in [-0.39, 0.29) is 24.0 Å². The zero-order chi connectivity index (χ0) is 17.9. The molecule has 2 N–H and O–H groups in total. The van der Waals surface area contributed by atoms with Crippen LogP contribution in [0, 0.1) is 6.92 Å². The number of nitrogens with zero attached hydrogens (tertiary/aromatic N) is 2. The lowest BCUT2D eigenvalue weighted by Gasteiger charge is -2.13. The van der Waals surface area contributed by atoms with Gasteiger partial charge in [-0.15, -0.1) is 24.0 Å². The third kappa shape index (κ3) is 7.90. The number of halogens is 1. The highest BCUT2D eigenvalue weighted by Gasteiger charge is 2.01. The topological polar surface area (TPSA) is 67.8 Å². The van der Waals surface area contributed by atoms with Gasteiger partial charge in [0, 0.05) is 25.9 Å². The number of guanidine groups is 1. The van der Waals surface area contributed by atoms with E-state index in [1.165, 1.54) is 5.56 Å². The molecular formula is C19H27IN4O2. The minimum absolute atomic E-state index is 0. The lowest BCUT2D eigenvalue weighted by Crippen LogP contribution is -2.38. The first-order chi connectivity index (χ1) is 12.2. The summed E-state index contributed by atoms with van der Waals surface area (Å²) >= 11 is 0. The summed E-state index contributed by atoms with van der Waals surface area (Å²) < 4.78 is 11.1. The van der Waals surface area contributed by atoms with E-state index < -0.39 is 0 Å². The first-order valence-corrected chi connectivity index (χ1v) is 8.43. The molecule has 1 aromatic heterocycles. The van der Waals surface area contributed by atoms with Gasteiger partial charge >= 0.3 is 0 Å². The molecule has 0 aliphatic heterocycles. The number of nitrogens with one attached hydrogen (secondary N) is 2. The molecule has 0 aliphatic carbocycles. The van der Waals surface area contributed by atoms with Crippen LogP contribution < -0.4 is 20.1 Å². The monoisotopic (exact) mass is 470 g/mol. The molecular weight excluding hydrogens is 443 g/mol. The van der Waals surface area contributed by atoms with E-state index in [0.29, 0.717) is 32.2 Å². The number of benzene rings is 1. The summed E-state index contributed by atoms with van der Waals surface area (Å²) in [5.41, 5.74) is 2.30. The smallest absolute Gasteiger partial charge is 0.213 e. The van der Waals surface area contributed by atoms with E-state index in [1.54, 1.807) is 13.2 Å². The third-order valence-electron chi connectivity index (χ3n) is 3.46. The molecule has 0 saturated carbocycles. The molecule has 0 unspecified atom stereocenters. The molecule has 2 aromatic rings. The van der Waals surface area contributed by atoms with E-state index in [0.717, 1.165) is 17.3 Å². The average molecular weight is 470 g/mol. The van der Waals surface area contributed by atoms with Crippen molar-refractivity contribution in [3.8, 4) is 11.6 Å². The van der Waals surface area contributed by atoms with Crippen molar-refractivity contribution in [3.05, 3.63) is 53.7 Å². The van der Waals surface area contributed by atoms with Crippen LogP contribution in [0.1, 0.15) is 18.1 Å². The van der Waals surface area contributed by atoms with Gasteiger partial charge in [0.25, 0.3) is 0 Å². The Morgan fingerprint density at radius 1 is 1.12 bits per heavy atom. The van der Waals surface area contributed by atoms with E-state index >= 15 is 0 Å². The number of aliphatic imine (C=N–C) groups is 1. The Labute approximate surface area is 172 Å². The maximum absolute atomic E-state index is 5.69. The van der Waals surface area contributed by atoms with E-state index in [2.05, 4.69) is 27.5 Å². The zero-order valence-electron chi connectivity index (χ0n) is 15.5. The summed E-state index contributed by atoms with van der Waals surface area (Å²) in [5, 5.41) is 6.49. The summed E-state index contributed by atoms with van der Waals surface area (Å²) in [6, 6.07) is 11.9. The van der Waals surface area contributed by atoms with Crippen LogP contribution in [0.4, 0.5) is 0 Å². The predicted molar refractivity (Wildman–Crippen MR) is 116 cm³/mol. The molecule has 0 atom stereocenters. The van der Waals surface area contributed by atoms with E-state index in [9.17, 15) is 0 Å². The molecule has 1 heterocycles. The van der Waals surface area contributed by atoms with Crippen molar-refractivity contribution in [3.63, 3.8) is 0 Å². The highest BCUT2D eigenvalue weighted by Crippen LogP contribution is 2.11. The van der Waals surface area contributed by atoms with Crippen molar-refractivity contribution in [1.82, 2.24) is 15.6 Å². The van der Waals surface area contributed by atoms with Crippen LogP contribution in [-0.4, -0.2) is 37.7 Å². The summed E-state index contributed by atoms with van der Waals surface area (Å²) in [4.78, 5) is 8.37. The molecule has 0 fully saturated rings. The van der Waals surface area contributed by atoms with Gasteiger partial charge in [-0.25, -0.2) is 4.98 Å². The second-order valence-electron chi connectivity index (χ2n) is 5.45. The van der Waals surface area contributed by atoms with Crippen molar-refractivity contribution in [2.24, 2.45) is 4.99 Å². The number of ether oxygens (including phenoxy) is 2. The van der Waals surface area contributed by atoms with Crippen LogP contribution in [0.15, 0.2) is 47.6 Å². The molecule has 6 nitrogen and oxygen atoms in total. The van der Waals surface area contributed by atoms with Gasteiger partial charge in [0.2, 0.25) is 5.88 Å². The van der Waals surface area contributed by atoms with Crippen LogP contribution in [0.2, 0.25) is 0 Å². The van der Waals surface area contributed by atoms with Crippen molar-refractivity contribution >= 4 is 29.9 Å². The summed E-state index contributed by atoms with van der Waals surface area (Å²) in [7, 11) is 1.74. The summed E-state index contributed by atoms with van der Waals surface area (Å²) in [6.07, 6.45) is 1.74. The molecule has 0 amide bonds. The second-order valence-corrected chi connectivity index (χ2v) is 5.45. The Bertz CT molecular complexity index is 677. The Balaban J connectivity index is 0.00000338. The van der Waals surface area contributed by atoms with Crippen molar-refractivity contribution in [2.75, 3.05) is 26.8 Å². The fourth-order valence-corrected chi connectivity index (χ4v) is 2.17. The minimum atomic E-state index is 0. The molecule has 1 aromatic carbocycles. The number of aryl methyl sites for hydroxylation is 1. The molecule has 0 aliphatic rings. The Hall–Kier alpha value is -2.03. The number of hydrogen-bond donors (Lipinski definition) is 2. The predicted octanol–water partition coefficient (Wildman–Crippen LogP) is 3.15. The highest BCUT2D eigenvalue weighted by atomic mass is 127. The highest BCUT2D eigenvalue weighted by molar-refractivity contribution is 14.0. The van der Waals surface area contributed by atoms with Crippen LogP contribution in [-0.2, 0) is 6.54 Å². The average Bonchev–Trinajstić information content (AvgIpc) is 2.63. The van der Waals surface area contributed by atoms with Gasteiger partial charge in [-0.2, -0.15) is 0 Å². The van der Waals surface area contributed by atoms with Crippen LogP contribution in [0.25, 0.3) is 0 Å². The van der Waals surface area contributed by atoms with E-state index in [4.69, 9.17) is 9.47 Å². The Kier molecular flexibility index (Phi) is 10.5. The maximum atomic E-state index is 5.69. The first-order valence-electron chi connectivity index (χ1n) is 8.43. The number of aromatic nitrogens is 1. The van der Waals surface area contributed by atoms with Gasteiger partial charge in [-0.1, -0.05) is 17.7 Å². The lowest BCUT2D eigenvalue weighted by atomic mass is 10.2. The number of pyridine rings is 1. The van der Waals surface area contributed by atoms with Gasteiger partial charge in [-0.05, 0) is 37.6 Å². The summed E-state index contributed by atoms with van der Waals surface area (Å²) in [6.45, 7) is 6.47. The fraction of sp³-hybridized carbons (Fsp3) is 0.368. The van der Waals surface area contributed by atoms with E-state index in [1.807, 2.05) is 43.3 Å². The van der Waals surface area contributed by atoms with Gasteiger partial charge in [0.15, 0.2) is 5.96 Å². The third-order valence-corrected chi connectivity index (χ3v) is 3.46. The maximum Gasteiger partial charge on any atom is 0.213 e. The quantitative estimate of drug-likeness (QED) is 0.269. The Morgan fingerprint density at radius 3 is 2.58 bits per heavy atom. The largest absolute Gasteiger partial charge is 0.492 e. The SMILES string of the molecule is CCOc1cc(CNC(=NC)NCCOc2ccc(C)cc2)ccn1.I. The van der Waals surface area contributed by atoms with Gasteiger partial charge in [-0.3, -0.25) is 4.99 Å². The Morgan fingerprint density at radius 2 is 1.88 bits per heavy atom. The second kappa shape index (κ2) is 12.3. The van der Waals surface area contributed by atoms with Crippen LogP contribution in [0.5, 0.6) is 11.6 Å². The normalized spacial score (nSPS) is 10.7. The fourth-order valence-electron chi connectivity index (χ4n) is 2.17. The minimum Gasteiger partial charge on any atom is -0.492 e. The molecule has 0 radical (unpaired) electrons. The van der Waals surface area contributed by atoms with Gasteiger partial charge < -0.3 is 20.1 Å². The molecule has 0 saturated heterocycles. The van der Waals surface area contributed by atoms with Crippen molar-refractivity contribution < 1.29 is 9.47 Å². The molecule has 0 bridgehead atoms. The zero-order valence-corrected chi connectivity index (χ0v) is 17.8. The number of hydrogen-bond acceptors (Lipinski definition) is 4. The van der Waals surface area contributed by atoms with Crippen molar-refractivity contribution in [1.29, 1.82) is 0 Å². The molecule has 2 rings (SSSR count).